The second-order valence-electron chi connectivity index (χ2n) is 2.58. The Balaban J connectivity index is 0.000000921. The molecule has 0 unspecified atom stereocenters. The van der Waals surface area contributed by atoms with Crippen LogP contribution >= 0.6 is 0 Å². The summed E-state index contributed by atoms with van der Waals surface area (Å²) in [5, 5.41) is 21.2. The third-order valence-electron chi connectivity index (χ3n) is 1.64. The van der Waals surface area contributed by atoms with Gasteiger partial charge in [-0.2, -0.15) is 0 Å². The van der Waals surface area contributed by atoms with Gasteiger partial charge in [0.1, 0.15) is 6.29 Å². The van der Waals surface area contributed by atoms with Crippen molar-refractivity contribution >= 4 is 6.29 Å². The first-order valence-corrected chi connectivity index (χ1v) is 4.90. The largest absolute Gasteiger partial charge is 0.504 e. The molecule has 15 heavy (non-hydrogen) atoms. The molecule has 0 amide bonds. The summed E-state index contributed by atoms with van der Waals surface area (Å²) in [6, 6.07) is 4.71. The second-order valence-corrected chi connectivity index (χ2v) is 2.58. The van der Waals surface area contributed by atoms with Crippen molar-refractivity contribution in [3.63, 3.8) is 0 Å². The third-order valence-corrected chi connectivity index (χ3v) is 1.64. The van der Waals surface area contributed by atoms with Crippen LogP contribution in [0.4, 0.5) is 0 Å². The monoisotopic (exact) mass is 211 g/mol. The van der Waals surface area contributed by atoms with Gasteiger partial charge in [0.05, 0.1) is 6.54 Å². The number of aldehydes is 1. The van der Waals surface area contributed by atoms with E-state index in [1.54, 1.807) is 12.1 Å². The van der Waals surface area contributed by atoms with E-state index in [1.807, 2.05) is 13.8 Å². The van der Waals surface area contributed by atoms with E-state index in [0.717, 1.165) is 6.29 Å². The van der Waals surface area contributed by atoms with Crippen LogP contribution in [0.15, 0.2) is 18.2 Å². The van der Waals surface area contributed by atoms with Crippen LogP contribution < -0.4 is 5.32 Å². The number of carbonyl (C=O) groups excluding carboxylic acids is 1. The van der Waals surface area contributed by atoms with Crippen LogP contribution in [0.2, 0.25) is 0 Å². The van der Waals surface area contributed by atoms with E-state index >= 15 is 0 Å². The fraction of sp³-hybridized carbons (Fsp3) is 0.364. The minimum absolute atomic E-state index is 0.138. The minimum Gasteiger partial charge on any atom is -0.504 e. The molecular formula is C11H17NO3. The summed E-state index contributed by atoms with van der Waals surface area (Å²) in [5.74, 6) is -0.286. The zero-order valence-electron chi connectivity index (χ0n) is 9.03. The number of rotatable bonds is 4. The Morgan fingerprint density at radius 3 is 2.60 bits per heavy atom. The molecule has 1 rings (SSSR count). The lowest BCUT2D eigenvalue weighted by molar-refractivity contribution is -0.107. The number of benzene rings is 1. The Kier molecular flexibility index (Phi) is 7.01. The fourth-order valence-corrected chi connectivity index (χ4v) is 0.986. The van der Waals surface area contributed by atoms with Crippen LogP contribution in [-0.2, 0) is 11.3 Å². The van der Waals surface area contributed by atoms with Crippen LogP contribution in [-0.4, -0.2) is 23.0 Å². The van der Waals surface area contributed by atoms with Gasteiger partial charge in [0.25, 0.3) is 0 Å². The van der Waals surface area contributed by atoms with Crippen molar-refractivity contribution in [2.45, 2.75) is 20.4 Å². The number of hydrogen-bond acceptors (Lipinski definition) is 4. The van der Waals surface area contributed by atoms with Crippen LogP contribution in [0.1, 0.15) is 19.4 Å². The zero-order valence-corrected chi connectivity index (χ0v) is 9.03. The van der Waals surface area contributed by atoms with Gasteiger partial charge in [-0.15, -0.1) is 0 Å². The van der Waals surface area contributed by atoms with E-state index in [-0.39, 0.29) is 18.0 Å². The maximum absolute atomic E-state index is 9.97. The predicted molar refractivity (Wildman–Crippen MR) is 58.9 cm³/mol. The van der Waals surface area contributed by atoms with Crippen LogP contribution in [0.5, 0.6) is 11.5 Å². The molecule has 84 valence electrons. The number of para-hydroxylation sites is 1. The van der Waals surface area contributed by atoms with Gasteiger partial charge in [-0.25, -0.2) is 0 Å². The van der Waals surface area contributed by atoms with Crippen molar-refractivity contribution in [1.29, 1.82) is 0 Å². The summed E-state index contributed by atoms with van der Waals surface area (Å²) in [6.07, 6.45) is 0.736. The summed E-state index contributed by atoms with van der Waals surface area (Å²) >= 11 is 0. The van der Waals surface area contributed by atoms with E-state index in [4.69, 9.17) is 5.11 Å². The average Bonchev–Trinajstić information content (AvgIpc) is 2.27. The van der Waals surface area contributed by atoms with Gasteiger partial charge in [0, 0.05) is 12.1 Å². The lowest BCUT2D eigenvalue weighted by Crippen LogP contribution is -2.15. The molecule has 0 aliphatic rings. The Morgan fingerprint density at radius 1 is 1.33 bits per heavy atom. The van der Waals surface area contributed by atoms with Crippen molar-refractivity contribution < 1.29 is 15.0 Å². The molecule has 0 saturated heterocycles. The van der Waals surface area contributed by atoms with Crippen molar-refractivity contribution in [1.82, 2.24) is 5.32 Å². The summed E-state index contributed by atoms with van der Waals surface area (Å²) < 4.78 is 0. The number of phenols is 2. The van der Waals surface area contributed by atoms with Crippen LogP contribution in [0.25, 0.3) is 0 Å². The quantitative estimate of drug-likeness (QED) is 0.400. The average molecular weight is 211 g/mol. The van der Waals surface area contributed by atoms with Crippen LogP contribution in [0, 0.1) is 0 Å². The van der Waals surface area contributed by atoms with E-state index in [9.17, 15) is 9.90 Å². The molecule has 1 aromatic rings. The number of hydrogen-bond donors (Lipinski definition) is 3. The SMILES string of the molecule is CC.O=CCNCc1cccc(O)c1O. The van der Waals surface area contributed by atoms with Crippen molar-refractivity contribution in [3.8, 4) is 11.5 Å². The first kappa shape index (κ1) is 13.4. The molecule has 3 N–H and O–H groups in total. The smallest absolute Gasteiger partial charge is 0.161 e. The molecule has 1 aromatic carbocycles. The summed E-state index contributed by atoms with van der Waals surface area (Å²) in [7, 11) is 0. The van der Waals surface area contributed by atoms with E-state index < -0.39 is 0 Å². The number of aromatic hydroxyl groups is 2. The standard InChI is InChI=1S/C9H11NO3.C2H6/c11-5-4-10-6-7-2-1-3-8(12)9(7)13;1-2/h1-3,5,10,12-13H,4,6H2;1-2H3. The lowest BCUT2D eigenvalue weighted by atomic mass is 10.2. The Labute approximate surface area is 89.6 Å². The molecule has 0 aromatic heterocycles. The van der Waals surface area contributed by atoms with E-state index in [1.165, 1.54) is 6.07 Å². The highest BCUT2D eigenvalue weighted by Crippen LogP contribution is 2.27. The molecule has 4 nitrogen and oxygen atoms in total. The van der Waals surface area contributed by atoms with E-state index in [2.05, 4.69) is 5.32 Å². The number of carbonyl (C=O) groups is 1. The lowest BCUT2D eigenvalue weighted by Gasteiger charge is -2.05. The van der Waals surface area contributed by atoms with Gasteiger partial charge in [0.2, 0.25) is 0 Å². The maximum atomic E-state index is 9.97. The summed E-state index contributed by atoms with van der Waals surface area (Å²) in [4.78, 5) is 9.97. The molecule has 0 saturated carbocycles. The minimum atomic E-state index is -0.148. The van der Waals surface area contributed by atoms with Crippen molar-refractivity contribution in [2.75, 3.05) is 6.54 Å². The highest BCUT2D eigenvalue weighted by Gasteiger charge is 2.03. The van der Waals surface area contributed by atoms with Crippen molar-refractivity contribution in [3.05, 3.63) is 23.8 Å². The normalized spacial score (nSPS) is 8.93. The highest BCUT2D eigenvalue weighted by molar-refractivity contribution is 5.52. The second kappa shape index (κ2) is 7.82. The molecule has 0 atom stereocenters. The number of phenolic OH excluding ortho intramolecular Hbond substituents is 2. The first-order chi connectivity index (χ1) is 7.25. The molecule has 0 aliphatic heterocycles. The van der Waals surface area contributed by atoms with Gasteiger partial charge >= 0.3 is 0 Å². The molecule has 0 aliphatic carbocycles. The molecular weight excluding hydrogens is 194 g/mol. The fourth-order valence-electron chi connectivity index (χ4n) is 0.986. The highest BCUT2D eigenvalue weighted by atomic mass is 16.3. The van der Waals surface area contributed by atoms with Gasteiger partial charge in [0.15, 0.2) is 11.5 Å². The Hall–Kier alpha value is -1.55. The third kappa shape index (κ3) is 4.46. The Bertz CT molecular complexity index is 300. The van der Waals surface area contributed by atoms with Gasteiger partial charge in [-0.05, 0) is 6.07 Å². The molecule has 0 radical (unpaired) electrons. The molecule has 0 fully saturated rings. The predicted octanol–water partition coefficient (Wildman–Crippen LogP) is 1.41. The molecule has 0 bridgehead atoms. The molecule has 0 spiro atoms. The Morgan fingerprint density at radius 2 is 2.00 bits per heavy atom. The first-order valence-electron chi connectivity index (χ1n) is 4.90. The van der Waals surface area contributed by atoms with E-state index in [0.29, 0.717) is 12.1 Å². The maximum Gasteiger partial charge on any atom is 0.161 e. The molecule has 4 heteroatoms. The topological polar surface area (TPSA) is 69.6 Å². The van der Waals surface area contributed by atoms with Gasteiger partial charge in [-0.1, -0.05) is 26.0 Å². The van der Waals surface area contributed by atoms with Gasteiger partial charge in [-0.3, -0.25) is 0 Å². The summed E-state index contributed by atoms with van der Waals surface area (Å²) in [6.45, 7) is 4.59. The van der Waals surface area contributed by atoms with Gasteiger partial charge < -0.3 is 20.3 Å². The zero-order chi connectivity index (χ0) is 11.7. The van der Waals surface area contributed by atoms with Crippen molar-refractivity contribution in [2.24, 2.45) is 0 Å². The molecule has 0 heterocycles. The summed E-state index contributed by atoms with van der Waals surface area (Å²) in [5.41, 5.74) is 0.571. The number of nitrogens with one attached hydrogen (secondary N) is 1. The van der Waals surface area contributed by atoms with Crippen LogP contribution in [0.3, 0.4) is 0 Å².